The van der Waals surface area contributed by atoms with Crippen LogP contribution in [0.3, 0.4) is 0 Å². The predicted octanol–water partition coefficient (Wildman–Crippen LogP) is 3.13. The minimum absolute atomic E-state index is 0.0351. The fourth-order valence-electron chi connectivity index (χ4n) is 2.71. The van der Waals surface area contributed by atoms with Crippen molar-refractivity contribution in [2.24, 2.45) is 0 Å². The number of nitrogens with one attached hydrogen (secondary N) is 1. The molecule has 0 unspecified atom stereocenters. The van der Waals surface area contributed by atoms with E-state index in [1.165, 1.54) is 32.1 Å². The van der Waals surface area contributed by atoms with Crippen LogP contribution in [0.4, 0.5) is 11.4 Å². The molecule has 0 saturated heterocycles. The molecule has 2 rings (SSSR count). The molecule has 4 nitrogen and oxygen atoms in total. The lowest BCUT2D eigenvalue weighted by molar-refractivity contribution is -0.117. The molecule has 1 aliphatic rings. The number of hydrogen-bond donors (Lipinski definition) is 2. The third-order valence-electron chi connectivity index (χ3n) is 3.88. The van der Waals surface area contributed by atoms with E-state index in [0.29, 0.717) is 29.0 Å². The maximum Gasteiger partial charge on any atom is 0.238 e. The van der Waals surface area contributed by atoms with E-state index in [0.717, 1.165) is 0 Å². The molecule has 1 aromatic carbocycles. The van der Waals surface area contributed by atoms with Gasteiger partial charge in [0.25, 0.3) is 0 Å². The molecule has 3 N–H and O–H groups in total. The predicted molar refractivity (Wildman–Crippen MR) is 84.0 cm³/mol. The van der Waals surface area contributed by atoms with Crippen LogP contribution in [-0.4, -0.2) is 30.4 Å². The zero-order valence-electron chi connectivity index (χ0n) is 11.9. The van der Waals surface area contributed by atoms with E-state index in [2.05, 4.69) is 10.2 Å². The van der Waals surface area contributed by atoms with E-state index < -0.39 is 0 Å². The molecule has 20 heavy (non-hydrogen) atoms. The molecule has 5 heteroatoms. The Hall–Kier alpha value is -1.26. The van der Waals surface area contributed by atoms with Gasteiger partial charge in [-0.2, -0.15) is 0 Å². The maximum atomic E-state index is 12.1. The minimum Gasteiger partial charge on any atom is -0.397 e. The fourth-order valence-corrected chi connectivity index (χ4v) is 2.90. The first-order valence-electron chi connectivity index (χ1n) is 7.11. The lowest BCUT2D eigenvalue weighted by atomic mass is 9.94. The van der Waals surface area contributed by atoms with E-state index in [9.17, 15) is 4.79 Å². The number of benzene rings is 1. The van der Waals surface area contributed by atoms with Crippen LogP contribution >= 0.6 is 11.6 Å². The van der Waals surface area contributed by atoms with Gasteiger partial charge >= 0.3 is 0 Å². The van der Waals surface area contributed by atoms with Crippen molar-refractivity contribution in [1.82, 2.24) is 4.90 Å². The minimum atomic E-state index is -0.0351. The number of nitrogens with two attached hydrogens (primary N) is 1. The SMILES string of the molecule is CN(CC(=O)Nc1ccc(Cl)cc1N)C1CCCCC1. The van der Waals surface area contributed by atoms with Crippen molar-refractivity contribution in [2.45, 2.75) is 38.1 Å². The third kappa shape index (κ3) is 4.12. The van der Waals surface area contributed by atoms with Crippen molar-refractivity contribution in [2.75, 3.05) is 24.6 Å². The van der Waals surface area contributed by atoms with Gasteiger partial charge in [-0.15, -0.1) is 0 Å². The zero-order valence-corrected chi connectivity index (χ0v) is 12.6. The Balaban J connectivity index is 1.88. The topological polar surface area (TPSA) is 58.4 Å². The lowest BCUT2D eigenvalue weighted by Crippen LogP contribution is -2.39. The summed E-state index contributed by atoms with van der Waals surface area (Å²) in [5, 5.41) is 3.41. The summed E-state index contributed by atoms with van der Waals surface area (Å²) in [6, 6.07) is 5.62. The number of nitrogen functional groups attached to an aromatic ring is 1. The van der Waals surface area contributed by atoms with Gasteiger partial charge in [-0.3, -0.25) is 9.69 Å². The fraction of sp³-hybridized carbons (Fsp3) is 0.533. The zero-order chi connectivity index (χ0) is 14.5. The lowest BCUT2D eigenvalue weighted by Gasteiger charge is -2.30. The Morgan fingerprint density at radius 1 is 1.40 bits per heavy atom. The number of carbonyl (C=O) groups excluding carboxylic acids is 1. The van der Waals surface area contributed by atoms with Crippen molar-refractivity contribution in [3.8, 4) is 0 Å². The van der Waals surface area contributed by atoms with E-state index in [4.69, 9.17) is 17.3 Å². The summed E-state index contributed by atoms with van der Waals surface area (Å²) < 4.78 is 0. The van der Waals surface area contributed by atoms with Gasteiger partial charge in [0.1, 0.15) is 0 Å². The smallest absolute Gasteiger partial charge is 0.238 e. The van der Waals surface area contributed by atoms with Crippen LogP contribution in [0.1, 0.15) is 32.1 Å². The van der Waals surface area contributed by atoms with Crippen LogP contribution in [0.25, 0.3) is 0 Å². The van der Waals surface area contributed by atoms with Crippen LogP contribution < -0.4 is 11.1 Å². The molecule has 0 atom stereocenters. The largest absolute Gasteiger partial charge is 0.397 e. The second kappa shape index (κ2) is 6.95. The molecular weight excluding hydrogens is 274 g/mol. The summed E-state index contributed by atoms with van der Waals surface area (Å²) in [6.07, 6.45) is 6.22. The van der Waals surface area contributed by atoms with Gasteiger partial charge in [0.15, 0.2) is 0 Å². The number of rotatable bonds is 4. The van der Waals surface area contributed by atoms with E-state index in [-0.39, 0.29) is 5.91 Å². The Kier molecular flexibility index (Phi) is 5.26. The van der Waals surface area contributed by atoms with Crippen molar-refractivity contribution in [1.29, 1.82) is 0 Å². The Morgan fingerprint density at radius 2 is 2.10 bits per heavy atom. The number of hydrogen-bond acceptors (Lipinski definition) is 3. The number of halogens is 1. The standard InChI is InChI=1S/C15H22ClN3O/c1-19(12-5-3-2-4-6-12)10-15(20)18-14-8-7-11(16)9-13(14)17/h7-9,12H,2-6,10,17H2,1H3,(H,18,20). The monoisotopic (exact) mass is 295 g/mol. The highest BCUT2D eigenvalue weighted by Gasteiger charge is 2.20. The van der Waals surface area contributed by atoms with Crippen molar-refractivity contribution < 1.29 is 4.79 Å². The van der Waals surface area contributed by atoms with Gasteiger partial charge in [0.2, 0.25) is 5.91 Å². The van der Waals surface area contributed by atoms with Crippen molar-refractivity contribution in [3.63, 3.8) is 0 Å². The molecular formula is C15H22ClN3O. The molecule has 1 aliphatic carbocycles. The van der Waals surface area contributed by atoms with Crippen LogP contribution in [0, 0.1) is 0 Å². The summed E-state index contributed by atoms with van der Waals surface area (Å²) in [6.45, 7) is 0.396. The van der Waals surface area contributed by atoms with E-state index >= 15 is 0 Å². The number of anilines is 2. The van der Waals surface area contributed by atoms with Crippen LogP contribution in [0.5, 0.6) is 0 Å². The van der Waals surface area contributed by atoms with Crippen molar-refractivity contribution in [3.05, 3.63) is 23.2 Å². The quantitative estimate of drug-likeness (QED) is 0.839. The molecule has 0 radical (unpaired) electrons. The van der Waals surface area contributed by atoms with Gasteiger partial charge in [0.05, 0.1) is 17.9 Å². The molecule has 1 fully saturated rings. The number of nitrogens with zero attached hydrogens (tertiary/aromatic N) is 1. The van der Waals surface area contributed by atoms with Gasteiger partial charge in [-0.1, -0.05) is 30.9 Å². The summed E-state index contributed by atoms with van der Waals surface area (Å²) in [5.74, 6) is -0.0351. The van der Waals surface area contributed by atoms with Gasteiger partial charge in [0, 0.05) is 11.1 Å². The third-order valence-corrected chi connectivity index (χ3v) is 4.11. The average molecular weight is 296 g/mol. The normalized spacial score (nSPS) is 16.4. The van der Waals surface area contributed by atoms with Crippen LogP contribution in [0.15, 0.2) is 18.2 Å². The number of carbonyl (C=O) groups is 1. The highest BCUT2D eigenvalue weighted by atomic mass is 35.5. The number of likely N-dealkylation sites (N-methyl/N-ethyl adjacent to an activating group) is 1. The summed E-state index contributed by atoms with van der Waals surface area (Å²) in [4.78, 5) is 14.2. The molecule has 0 spiro atoms. The first-order valence-corrected chi connectivity index (χ1v) is 7.49. The average Bonchev–Trinajstić information content (AvgIpc) is 2.43. The molecule has 1 saturated carbocycles. The van der Waals surface area contributed by atoms with Gasteiger partial charge in [-0.25, -0.2) is 0 Å². The highest BCUT2D eigenvalue weighted by molar-refractivity contribution is 6.31. The van der Waals surface area contributed by atoms with E-state index in [1.54, 1.807) is 18.2 Å². The molecule has 0 bridgehead atoms. The van der Waals surface area contributed by atoms with Crippen LogP contribution in [-0.2, 0) is 4.79 Å². The Morgan fingerprint density at radius 3 is 2.75 bits per heavy atom. The summed E-state index contributed by atoms with van der Waals surface area (Å²) >= 11 is 5.84. The highest BCUT2D eigenvalue weighted by Crippen LogP contribution is 2.23. The van der Waals surface area contributed by atoms with Gasteiger partial charge in [-0.05, 0) is 38.1 Å². The summed E-state index contributed by atoms with van der Waals surface area (Å²) in [5.41, 5.74) is 6.94. The van der Waals surface area contributed by atoms with Gasteiger partial charge < -0.3 is 11.1 Å². The molecule has 1 aromatic rings. The first-order chi connectivity index (χ1) is 9.56. The molecule has 0 aromatic heterocycles. The molecule has 0 heterocycles. The molecule has 110 valence electrons. The molecule has 0 aliphatic heterocycles. The first kappa shape index (κ1) is 15.1. The van der Waals surface area contributed by atoms with Crippen LogP contribution in [0.2, 0.25) is 5.02 Å². The Labute approximate surface area is 125 Å². The summed E-state index contributed by atoms with van der Waals surface area (Å²) in [7, 11) is 2.01. The van der Waals surface area contributed by atoms with E-state index in [1.807, 2.05) is 7.05 Å². The Bertz CT molecular complexity index is 472. The second-order valence-corrected chi connectivity index (χ2v) is 5.92. The number of amides is 1. The second-order valence-electron chi connectivity index (χ2n) is 5.49. The maximum absolute atomic E-state index is 12.1. The van der Waals surface area contributed by atoms with Crippen molar-refractivity contribution >= 4 is 28.9 Å². The molecule has 1 amide bonds.